The molecule has 0 unspecified atom stereocenters. The summed E-state index contributed by atoms with van der Waals surface area (Å²) in [5.41, 5.74) is 2.69. The fourth-order valence-electron chi connectivity index (χ4n) is 2.80. The molecule has 1 amide bonds. The van der Waals surface area contributed by atoms with Crippen molar-refractivity contribution < 1.29 is 4.79 Å². The average Bonchev–Trinajstić information content (AvgIpc) is 2.44. The Balaban J connectivity index is 1.89. The minimum atomic E-state index is 0.194. The first-order chi connectivity index (χ1) is 9.59. The molecular formula is C17H26N2O. The van der Waals surface area contributed by atoms with E-state index in [0.29, 0.717) is 12.5 Å². The zero-order valence-corrected chi connectivity index (χ0v) is 12.9. The third-order valence-corrected chi connectivity index (χ3v) is 4.09. The summed E-state index contributed by atoms with van der Waals surface area (Å²) in [5.74, 6) is 0.897. The van der Waals surface area contributed by atoms with Crippen LogP contribution in [0.25, 0.3) is 0 Å². The van der Waals surface area contributed by atoms with Crippen LogP contribution in [0.5, 0.6) is 0 Å². The van der Waals surface area contributed by atoms with Crippen LogP contribution in [0.15, 0.2) is 24.3 Å². The number of benzene rings is 1. The zero-order chi connectivity index (χ0) is 14.5. The number of nitrogens with zero attached hydrogens (tertiary/aromatic N) is 1. The van der Waals surface area contributed by atoms with E-state index in [1.54, 1.807) is 0 Å². The lowest BCUT2D eigenvalue weighted by molar-refractivity contribution is -0.132. The largest absolute Gasteiger partial charge is 0.334 e. The Morgan fingerprint density at radius 2 is 2.15 bits per heavy atom. The summed E-state index contributed by atoms with van der Waals surface area (Å²) in [7, 11) is 0. The number of fused-ring (bicyclic) bond motifs is 1. The lowest BCUT2D eigenvalue weighted by Gasteiger charge is -2.35. The van der Waals surface area contributed by atoms with Crippen LogP contribution in [0.1, 0.15) is 44.4 Å². The van der Waals surface area contributed by atoms with Gasteiger partial charge < -0.3 is 10.2 Å². The molecule has 0 radical (unpaired) electrons. The highest BCUT2D eigenvalue weighted by molar-refractivity contribution is 5.79. The van der Waals surface area contributed by atoms with Gasteiger partial charge in [-0.1, -0.05) is 38.1 Å². The quantitative estimate of drug-likeness (QED) is 0.837. The van der Waals surface area contributed by atoms with E-state index in [1.165, 1.54) is 11.1 Å². The molecule has 0 aromatic heterocycles. The molecule has 1 aliphatic heterocycles. The number of carbonyl (C=O) groups is 1. The number of amides is 1. The van der Waals surface area contributed by atoms with Crippen molar-refractivity contribution in [1.29, 1.82) is 0 Å². The van der Waals surface area contributed by atoms with Gasteiger partial charge >= 0.3 is 0 Å². The molecule has 1 N–H and O–H groups in total. The van der Waals surface area contributed by atoms with Gasteiger partial charge in [0.1, 0.15) is 0 Å². The Kier molecular flexibility index (Phi) is 5.18. The minimum absolute atomic E-state index is 0.194. The van der Waals surface area contributed by atoms with E-state index >= 15 is 0 Å². The molecule has 3 heteroatoms. The molecule has 0 saturated heterocycles. The van der Waals surface area contributed by atoms with Gasteiger partial charge in [-0.15, -0.1) is 0 Å². The van der Waals surface area contributed by atoms with Gasteiger partial charge in [0.05, 0.1) is 12.6 Å². The van der Waals surface area contributed by atoms with Crippen LogP contribution < -0.4 is 5.32 Å². The summed E-state index contributed by atoms with van der Waals surface area (Å²) in [4.78, 5) is 14.3. The van der Waals surface area contributed by atoms with Crippen LogP contribution in [0, 0.1) is 5.92 Å². The smallest absolute Gasteiger partial charge is 0.237 e. The first-order valence-electron chi connectivity index (χ1n) is 7.67. The van der Waals surface area contributed by atoms with Crippen molar-refractivity contribution >= 4 is 5.91 Å². The van der Waals surface area contributed by atoms with Crippen LogP contribution in [0.2, 0.25) is 0 Å². The van der Waals surface area contributed by atoms with Crippen LogP contribution in [0.3, 0.4) is 0 Å². The van der Waals surface area contributed by atoms with Gasteiger partial charge in [0.2, 0.25) is 5.91 Å². The van der Waals surface area contributed by atoms with Gasteiger partial charge in [-0.25, -0.2) is 0 Å². The zero-order valence-electron chi connectivity index (χ0n) is 12.9. The Morgan fingerprint density at radius 3 is 2.90 bits per heavy atom. The van der Waals surface area contributed by atoms with Crippen molar-refractivity contribution in [2.45, 2.75) is 39.7 Å². The summed E-state index contributed by atoms with van der Waals surface area (Å²) in [5, 5.41) is 3.27. The van der Waals surface area contributed by atoms with E-state index in [0.717, 1.165) is 25.9 Å². The van der Waals surface area contributed by atoms with Crippen molar-refractivity contribution in [3.05, 3.63) is 35.4 Å². The second-order valence-corrected chi connectivity index (χ2v) is 6.07. The fraction of sp³-hybridized carbons (Fsp3) is 0.588. The van der Waals surface area contributed by atoms with Crippen molar-refractivity contribution in [2.75, 3.05) is 19.6 Å². The molecule has 1 heterocycles. The third kappa shape index (κ3) is 3.60. The Labute approximate surface area is 122 Å². The summed E-state index contributed by atoms with van der Waals surface area (Å²) >= 11 is 0. The molecule has 0 bridgehead atoms. The molecule has 0 aliphatic carbocycles. The molecule has 0 spiro atoms. The molecule has 1 aliphatic rings. The monoisotopic (exact) mass is 274 g/mol. The van der Waals surface area contributed by atoms with Crippen LogP contribution in [-0.4, -0.2) is 30.4 Å². The minimum Gasteiger partial charge on any atom is -0.334 e. The lowest BCUT2D eigenvalue weighted by atomic mass is 9.93. The van der Waals surface area contributed by atoms with Crippen molar-refractivity contribution in [1.82, 2.24) is 10.2 Å². The topological polar surface area (TPSA) is 32.3 Å². The van der Waals surface area contributed by atoms with Gasteiger partial charge in [-0.2, -0.15) is 0 Å². The third-order valence-electron chi connectivity index (χ3n) is 4.09. The molecule has 3 nitrogen and oxygen atoms in total. The second-order valence-electron chi connectivity index (χ2n) is 6.07. The highest BCUT2D eigenvalue weighted by Crippen LogP contribution is 2.28. The number of nitrogens with one attached hydrogen (secondary N) is 1. The normalized spacial score (nSPS) is 18.2. The van der Waals surface area contributed by atoms with Gasteiger partial charge in [-0.3, -0.25) is 4.79 Å². The summed E-state index contributed by atoms with van der Waals surface area (Å²) in [6.45, 7) is 8.74. The van der Waals surface area contributed by atoms with Gasteiger partial charge in [0.25, 0.3) is 0 Å². The number of hydrogen-bond acceptors (Lipinski definition) is 2. The second kappa shape index (κ2) is 6.89. The summed E-state index contributed by atoms with van der Waals surface area (Å²) in [6, 6.07) is 8.65. The molecule has 1 aromatic rings. The Bertz CT molecular complexity index is 456. The fourth-order valence-corrected chi connectivity index (χ4v) is 2.80. The van der Waals surface area contributed by atoms with E-state index in [-0.39, 0.29) is 11.9 Å². The van der Waals surface area contributed by atoms with E-state index < -0.39 is 0 Å². The average molecular weight is 274 g/mol. The maximum atomic E-state index is 12.3. The van der Waals surface area contributed by atoms with Gasteiger partial charge in [-0.05, 0) is 43.4 Å². The van der Waals surface area contributed by atoms with Gasteiger partial charge in [0.15, 0.2) is 0 Å². The van der Waals surface area contributed by atoms with E-state index in [9.17, 15) is 4.79 Å². The van der Waals surface area contributed by atoms with E-state index in [4.69, 9.17) is 0 Å². The van der Waals surface area contributed by atoms with Crippen LogP contribution >= 0.6 is 0 Å². The highest BCUT2D eigenvalue weighted by atomic mass is 16.2. The molecule has 1 aromatic carbocycles. The maximum Gasteiger partial charge on any atom is 0.237 e. The molecule has 0 saturated carbocycles. The standard InChI is InChI=1S/C17H26N2O/c1-13(2)8-10-18-12-17(20)19-11-9-15-6-4-5-7-16(15)14(19)3/h4-7,13-14,18H,8-12H2,1-3H3/t14-/m0/s1. The van der Waals surface area contributed by atoms with Crippen LogP contribution in [-0.2, 0) is 11.2 Å². The number of rotatable bonds is 5. The first-order valence-corrected chi connectivity index (χ1v) is 7.67. The molecular weight excluding hydrogens is 248 g/mol. The Hall–Kier alpha value is -1.35. The van der Waals surface area contributed by atoms with Crippen molar-refractivity contribution in [3.63, 3.8) is 0 Å². The maximum absolute atomic E-state index is 12.3. The highest BCUT2D eigenvalue weighted by Gasteiger charge is 2.26. The summed E-state index contributed by atoms with van der Waals surface area (Å²) < 4.78 is 0. The predicted octanol–water partition coefficient (Wildman–Crippen LogP) is 2.77. The van der Waals surface area contributed by atoms with Crippen molar-refractivity contribution in [2.24, 2.45) is 5.92 Å². The van der Waals surface area contributed by atoms with E-state index in [2.05, 4.69) is 50.4 Å². The lowest BCUT2D eigenvalue weighted by Crippen LogP contribution is -2.43. The molecule has 20 heavy (non-hydrogen) atoms. The number of hydrogen-bond donors (Lipinski definition) is 1. The van der Waals surface area contributed by atoms with E-state index in [1.807, 2.05) is 4.90 Å². The van der Waals surface area contributed by atoms with Crippen LogP contribution in [0.4, 0.5) is 0 Å². The van der Waals surface area contributed by atoms with Gasteiger partial charge in [0, 0.05) is 6.54 Å². The Morgan fingerprint density at radius 1 is 1.40 bits per heavy atom. The molecule has 0 fully saturated rings. The SMILES string of the molecule is CC(C)CCNCC(=O)N1CCc2ccccc2[C@@H]1C. The predicted molar refractivity (Wildman–Crippen MR) is 82.6 cm³/mol. The molecule has 110 valence electrons. The molecule has 2 rings (SSSR count). The van der Waals surface area contributed by atoms with Crippen molar-refractivity contribution in [3.8, 4) is 0 Å². The number of carbonyl (C=O) groups excluding carboxylic acids is 1. The summed E-state index contributed by atoms with van der Waals surface area (Å²) in [6.07, 6.45) is 2.09. The molecule has 1 atom stereocenters. The first kappa shape index (κ1) is 15.0.